The second kappa shape index (κ2) is 6.70. The van der Waals surface area contributed by atoms with Crippen molar-refractivity contribution in [1.29, 1.82) is 0 Å². The van der Waals surface area contributed by atoms with Gasteiger partial charge in [0.15, 0.2) is 4.67 Å². The maximum absolute atomic E-state index is 11.7. The van der Waals surface area contributed by atoms with Gasteiger partial charge in [-0.2, -0.15) is 11.8 Å². The van der Waals surface area contributed by atoms with Crippen LogP contribution < -0.4 is 5.32 Å². The van der Waals surface area contributed by atoms with Crippen molar-refractivity contribution in [2.45, 2.75) is 12.5 Å². The van der Waals surface area contributed by atoms with E-state index in [1.807, 2.05) is 6.26 Å². The minimum atomic E-state index is -1.04. The fourth-order valence-corrected chi connectivity index (χ4v) is 2.08. The highest BCUT2D eigenvalue weighted by Gasteiger charge is 2.22. The lowest BCUT2D eigenvalue weighted by Gasteiger charge is -2.13. The quantitative estimate of drug-likeness (QED) is 0.837. The lowest BCUT2D eigenvalue weighted by atomic mass is 10.2. The van der Waals surface area contributed by atoms with Crippen LogP contribution in [-0.4, -0.2) is 35.0 Å². The van der Waals surface area contributed by atoms with Crippen molar-refractivity contribution < 1.29 is 19.1 Å². The number of nitrogens with one attached hydrogen (secondary N) is 1. The summed E-state index contributed by atoms with van der Waals surface area (Å²) in [4.78, 5) is 22.7. The number of furan rings is 1. The molecular formula is C10H12BrNO4S. The minimum Gasteiger partial charge on any atom is -0.480 e. The number of carbonyl (C=O) groups excluding carboxylic acids is 1. The van der Waals surface area contributed by atoms with Crippen LogP contribution in [0.2, 0.25) is 0 Å². The van der Waals surface area contributed by atoms with Gasteiger partial charge >= 0.3 is 5.97 Å². The average molecular weight is 322 g/mol. The number of carboxylic acid groups (broad SMARTS) is 1. The molecule has 1 rings (SSSR count). The van der Waals surface area contributed by atoms with Crippen LogP contribution in [-0.2, 0) is 4.79 Å². The first-order valence-corrected chi connectivity index (χ1v) is 7.00. The molecule has 94 valence electrons. The van der Waals surface area contributed by atoms with Crippen LogP contribution in [0.4, 0.5) is 0 Å². The molecule has 0 radical (unpaired) electrons. The third-order valence-electron chi connectivity index (χ3n) is 2.08. The summed E-state index contributed by atoms with van der Waals surface area (Å²) in [6.45, 7) is 0. The summed E-state index contributed by atoms with van der Waals surface area (Å²) in [6.07, 6.45) is 3.63. The first-order valence-electron chi connectivity index (χ1n) is 4.82. The summed E-state index contributed by atoms with van der Waals surface area (Å²) in [6, 6.07) is 0.601. The number of carbonyl (C=O) groups is 2. The summed E-state index contributed by atoms with van der Waals surface area (Å²) in [5, 5.41) is 11.4. The van der Waals surface area contributed by atoms with Crippen LogP contribution in [0.25, 0.3) is 0 Å². The van der Waals surface area contributed by atoms with Crippen LogP contribution in [0.1, 0.15) is 16.8 Å². The van der Waals surface area contributed by atoms with Crippen molar-refractivity contribution >= 4 is 39.6 Å². The fourth-order valence-electron chi connectivity index (χ4n) is 1.18. The predicted molar refractivity (Wildman–Crippen MR) is 68.3 cm³/mol. The largest absolute Gasteiger partial charge is 0.480 e. The molecule has 0 spiro atoms. The Morgan fingerprint density at radius 1 is 1.65 bits per heavy atom. The Balaban J connectivity index is 2.64. The summed E-state index contributed by atoms with van der Waals surface area (Å²) >= 11 is 4.60. The van der Waals surface area contributed by atoms with E-state index in [0.717, 1.165) is 0 Å². The van der Waals surface area contributed by atoms with Gasteiger partial charge in [-0.3, -0.25) is 4.79 Å². The Bertz CT molecular complexity index is 407. The van der Waals surface area contributed by atoms with Crippen molar-refractivity contribution in [1.82, 2.24) is 5.32 Å². The molecule has 0 aliphatic rings. The van der Waals surface area contributed by atoms with Gasteiger partial charge in [-0.25, -0.2) is 4.79 Å². The summed E-state index contributed by atoms with van der Waals surface area (Å²) < 4.78 is 5.21. The standard InChI is InChI=1S/C10H12BrNO4S/c1-17-5-3-7(10(14)15)12-9(13)6-2-4-16-8(6)11/h2,4,7H,3,5H2,1H3,(H,12,13)(H,14,15)/t7-/m1/s1. The number of hydrogen-bond donors (Lipinski definition) is 2. The van der Waals surface area contributed by atoms with E-state index in [1.165, 1.54) is 24.1 Å². The zero-order valence-electron chi connectivity index (χ0n) is 9.10. The molecule has 5 nitrogen and oxygen atoms in total. The van der Waals surface area contributed by atoms with Gasteiger partial charge in [-0.05, 0) is 40.4 Å². The molecule has 0 saturated carbocycles. The number of aliphatic carboxylic acids is 1. The number of thioether (sulfide) groups is 1. The second-order valence-corrected chi connectivity index (χ2v) is 4.96. The molecule has 1 aromatic heterocycles. The number of halogens is 1. The van der Waals surface area contributed by atoms with Crippen LogP contribution >= 0.6 is 27.7 Å². The molecular weight excluding hydrogens is 310 g/mol. The Morgan fingerprint density at radius 2 is 2.35 bits per heavy atom. The Kier molecular flexibility index (Phi) is 5.57. The molecule has 1 heterocycles. The van der Waals surface area contributed by atoms with Crippen LogP contribution in [0, 0.1) is 0 Å². The van der Waals surface area contributed by atoms with E-state index in [4.69, 9.17) is 9.52 Å². The maximum Gasteiger partial charge on any atom is 0.326 e. The number of rotatable bonds is 6. The zero-order chi connectivity index (χ0) is 12.8. The highest BCUT2D eigenvalue weighted by molar-refractivity contribution is 9.10. The van der Waals surface area contributed by atoms with E-state index in [-0.39, 0.29) is 0 Å². The molecule has 1 atom stereocenters. The summed E-state index contributed by atoms with van der Waals surface area (Å²) in [5.74, 6) is -0.824. The highest BCUT2D eigenvalue weighted by Crippen LogP contribution is 2.17. The van der Waals surface area contributed by atoms with Gasteiger partial charge in [0.05, 0.1) is 11.8 Å². The van der Waals surface area contributed by atoms with Crippen LogP contribution in [0.15, 0.2) is 21.4 Å². The maximum atomic E-state index is 11.7. The predicted octanol–water partition coefficient (Wildman–Crippen LogP) is 1.98. The Labute approximate surface area is 111 Å². The summed E-state index contributed by atoms with van der Waals surface area (Å²) in [7, 11) is 0. The zero-order valence-corrected chi connectivity index (χ0v) is 11.5. The molecule has 7 heteroatoms. The summed E-state index contributed by atoms with van der Waals surface area (Å²) in [5.41, 5.74) is 0.292. The normalized spacial score (nSPS) is 12.1. The minimum absolute atomic E-state index is 0.292. The molecule has 0 unspecified atom stereocenters. The highest BCUT2D eigenvalue weighted by atomic mass is 79.9. The number of amides is 1. The first-order chi connectivity index (χ1) is 8.06. The van der Waals surface area contributed by atoms with Gasteiger partial charge in [0.1, 0.15) is 6.04 Å². The SMILES string of the molecule is CSCC[C@@H](NC(=O)c1ccoc1Br)C(=O)O. The molecule has 0 aromatic carbocycles. The molecule has 0 saturated heterocycles. The number of hydrogen-bond acceptors (Lipinski definition) is 4. The fraction of sp³-hybridized carbons (Fsp3) is 0.400. The van der Waals surface area contributed by atoms with Gasteiger partial charge in [-0.15, -0.1) is 0 Å². The van der Waals surface area contributed by atoms with Gasteiger partial charge in [0.2, 0.25) is 0 Å². The molecule has 0 aliphatic heterocycles. The first kappa shape index (κ1) is 14.1. The smallest absolute Gasteiger partial charge is 0.326 e. The third-order valence-corrected chi connectivity index (χ3v) is 3.33. The van der Waals surface area contributed by atoms with E-state index in [9.17, 15) is 9.59 Å². The van der Waals surface area contributed by atoms with Crippen molar-refractivity contribution in [2.75, 3.05) is 12.0 Å². The van der Waals surface area contributed by atoms with E-state index >= 15 is 0 Å². The monoisotopic (exact) mass is 321 g/mol. The van der Waals surface area contributed by atoms with Crippen molar-refractivity contribution in [3.8, 4) is 0 Å². The molecule has 1 amide bonds. The van der Waals surface area contributed by atoms with E-state index in [2.05, 4.69) is 21.2 Å². The van der Waals surface area contributed by atoms with Crippen molar-refractivity contribution in [3.63, 3.8) is 0 Å². The molecule has 0 fully saturated rings. The second-order valence-electron chi connectivity index (χ2n) is 3.25. The molecule has 1 aromatic rings. The lowest BCUT2D eigenvalue weighted by Crippen LogP contribution is -2.41. The van der Waals surface area contributed by atoms with E-state index < -0.39 is 17.9 Å². The van der Waals surface area contributed by atoms with Gasteiger partial charge in [0.25, 0.3) is 5.91 Å². The molecule has 17 heavy (non-hydrogen) atoms. The van der Waals surface area contributed by atoms with Gasteiger partial charge in [-0.1, -0.05) is 0 Å². The van der Waals surface area contributed by atoms with E-state index in [1.54, 1.807) is 0 Å². The molecule has 0 bridgehead atoms. The molecule has 0 aliphatic carbocycles. The van der Waals surface area contributed by atoms with Crippen molar-refractivity contribution in [3.05, 3.63) is 22.6 Å². The Hall–Kier alpha value is -0.950. The van der Waals surface area contributed by atoms with Crippen molar-refractivity contribution in [2.24, 2.45) is 0 Å². The average Bonchev–Trinajstić information content (AvgIpc) is 2.70. The van der Waals surface area contributed by atoms with Gasteiger partial charge < -0.3 is 14.8 Å². The van der Waals surface area contributed by atoms with Crippen LogP contribution in [0.3, 0.4) is 0 Å². The lowest BCUT2D eigenvalue weighted by molar-refractivity contribution is -0.139. The third kappa shape index (κ3) is 4.08. The van der Waals surface area contributed by atoms with Gasteiger partial charge in [0, 0.05) is 0 Å². The van der Waals surface area contributed by atoms with E-state index in [0.29, 0.717) is 22.4 Å². The number of carboxylic acids is 1. The molecule has 2 N–H and O–H groups in total. The van der Waals surface area contributed by atoms with Crippen LogP contribution in [0.5, 0.6) is 0 Å². The Morgan fingerprint density at radius 3 is 2.82 bits per heavy atom. The topological polar surface area (TPSA) is 79.5 Å².